The molecule has 0 radical (unpaired) electrons. The first-order valence-electron chi connectivity index (χ1n) is 8.11. The third kappa shape index (κ3) is 3.35. The van der Waals surface area contributed by atoms with E-state index in [9.17, 15) is 4.79 Å². The topological polar surface area (TPSA) is 54.3 Å². The van der Waals surface area contributed by atoms with Crippen molar-refractivity contribution in [2.45, 2.75) is 6.92 Å². The molecule has 126 valence electrons. The first-order valence-corrected chi connectivity index (χ1v) is 8.11. The highest BCUT2D eigenvalue weighted by molar-refractivity contribution is 6.54. The quantitative estimate of drug-likeness (QED) is 0.462. The van der Waals surface area contributed by atoms with E-state index < -0.39 is 0 Å². The van der Waals surface area contributed by atoms with Crippen LogP contribution in [0.1, 0.15) is 18.1 Å². The maximum atomic E-state index is 12.6. The van der Waals surface area contributed by atoms with Gasteiger partial charge in [0.05, 0.1) is 18.5 Å². The second kappa shape index (κ2) is 7.57. The summed E-state index contributed by atoms with van der Waals surface area (Å²) in [5.74, 6) is 0.566. The monoisotopic (exact) mass is 333 g/mol. The molecular weight excluding hydrogens is 314 g/mol. The molecule has 1 heterocycles. The Balaban J connectivity index is 1.92. The molecule has 0 N–H and O–H groups in total. The van der Waals surface area contributed by atoms with Gasteiger partial charge in [0, 0.05) is 17.7 Å². The van der Waals surface area contributed by atoms with Crippen LogP contribution in [0.15, 0.2) is 71.4 Å². The summed E-state index contributed by atoms with van der Waals surface area (Å²) in [5, 5.41) is 8.30. The van der Waals surface area contributed by atoms with Crippen molar-refractivity contribution < 1.29 is 9.53 Å². The molecule has 0 fully saturated rings. The zero-order valence-electron chi connectivity index (χ0n) is 14.1. The lowest BCUT2D eigenvalue weighted by molar-refractivity contribution is -0.112. The van der Waals surface area contributed by atoms with Crippen LogP contribution in [-0.4, -0.2) is 31.0 Å². The Morgan fingerprint density at radius 2 is 1.92 bits per heavy atom. The van der Waals surface area contributed by atoms with E-state index in [4.69, 9.17) is 4.74 Å². The van der Waals surface area contributed by atoms with Crippen molar-refractivity contribution in [3.05, 3.63) is 72.3 Å². The first-order chi connectivity index (χ1) is 12.3. The second-order valence-corrected chi connectivity index (χ2v) is 5.39. The van der Waals surface area contributed by atoms with E-state index >= 15 is 0 Å². The lowest BCUT2D eigenvalue weighted by Crippen LogP contribution is -2.30. The standard InChI is InChI=1S/C20H19N3O2/c1-3-13-23-17-11-7-6-10-16(17)19(20(23)24)22-21-14-15-9-5-8-12-18(15)25-4-2/h3,5-12,14H,1,4,13H2,2H3/b21-14-,22-19-. The van der Waals surface area contributed by atoms with Crippen molar-refractivity contribution in [3.8, 4) is 5.75 Å². The largest absolute Gasteiger partial charge is 0.493 e. The minimum absolute atomic E-state index is 0.170. The molecule has 5 nitrogen and oxygen atoms in total. The molecule has 5 heteroatoms. The minimum atomic E-state index is -0.170. The summed E-state index contributed by atoms with van der Waals surface area (Å²) < 4.78 is 5.56. The number of para-hydroxylation sites is 2. The van der Waals surface area contributed by atoms with Crippen molar-refractivity contribution in [1.29, 1.82) is 0 Å². The van der Waals surface area contributed by atoms with Crippen LogP contribution in [0.4, 0.5) is 5.69 Å². The fourth-order valence-corrected chi connectivity index (χ4v) is 2.69. The van der Waals surface area contributed by atoms with Gasteiger partial charge in [-0.3, -0.25) is 4.79 Å². The Hall–Kier alpha value is -3.21. The first kappa shape index (κ1) is 16.6. The third-order valence-electron chi connectivity index (χ3n) is 3.78. The zero-order chi connectivity index (χ0) is 17.6. The van der Waals surface area contributed by atoms with Crippen molar-refractivity contribution in [3.63, 3.8) is 0 Å². The molecule has 0 spiro atoms. The smallest absolute Gasteiger partial charge is 0.279 e. The van der Waals surface area contributed by atoms with Crippen LogP contribution in [0.2, 0.25) is 0 Å². The number of rotatable bonds is 6. The highest BCUT2D eigenvalue weighted by atomic mass is 16.5. The van der Waals surface area contributed by atoms with Gasteiger partial charge in [0.25, 0.3) is 5.91 Å². The van der Waals surface area contributed by atoms with E-state index in [0.29, 0.717) is 18.9 Å². The lowest BCUT2D eigenvalue weighted by Gasteiger charge is -2.13. The predicted octanol–water partition coefficient (Wildman–Crippen LogP) is 3.44. The Morgan fingerprint density at radius 3 is 2.72 bits per heavy atom. The molecule has 25 heavy (non-hydrogen) atoms. The Labute approximate surface area is 147 Å². The molecule has 0 aromatic heterocycles. The number of hydrogen-bond acceptors (Lipinski definition) is 4. The molecule has 2 aromatic carbocycles. The van der Waals surface area contributed by atoms with Crippen molar-refractivity contribution in [2.24, 2.45) is 10.2 Å². The molecule has 2 aromatic rings. The fourth-order valence-electron chi connectivity index (χ4n) is 2.69. The fraction of sp³-hybridized carbons (Fsp3) is 0.150. The van der Waals surface area contributed by atoms with Gasteiger partial charge in [-0.05, 0) is 25.1 Å². The summed E-state index contributed by atoms with van der Waals surface area (Å²) >= 11 is 0. The number of fused-ring (bicyclic) bond motifs is 1. The van der Waals surface area contributed by atoms with Gasteiger partial charge in [0.1, 0.15) is 5.75 Å². The van der Waals surface area contributed by atoms with Gasteiger partial charge in [-0.25, -0.2) is 0 Å². The highest BCUT2D eigenvalue weighted by Crippen LogP contribution is 2.29. The molecule has 0 saturated heterocycles. The van der Waals surface area contributed by atoms with Gasteiger partial charge >= 0.3 is 0 Å². The molecule has 0 bridgehead atoms. The summed E-state index contributed by atoms with van der Waals surface area (Å²) in [7, 11) is 0. The molecule has 0 aliphatic carbocycles. The summed E-state index contributed by atoms with van der Waals surface area (Å²) in [6, 6.07) is 15.1. The second-order valence-electron chi connectivity index (χ2n) is 5.39. The third-order valence-corrected chi connectivity index (χ3v) is 3.78. The Kier molecular flexibility index (Phi) is 5.04. The van der Waals surface area contributed by atoms with E-state index in [-0.39, 0.29) is 5.91 Å². The van der Waals surface area contributed by atoms with Gasteiger partial charge in [-0.1, -0.05) is 36.4 Å². The summed E-state index contributed by atoms with van der Waals surface area (Å²) in [6.07, 6.45) is 3.29. The number of anilines is 1. The van der Waals surface area contributed by atoms with Crippen molar-refractivity contribution >= 4 is 23.5 Å². The lowest BCUT2D eigenvalue weighted by atomic mass is 10.1. The number of carbonyl (C=O) groups excluding carboxylic acids is 1. The molecular formula is C20H19N3O2. The maximum Gasteiger partial charge on any atom is 0.279 e. The molecule has 1 amide bonds. The van der Waals surface area contributed by atoms with Crippen LogP contribution in [0.5, 0.6) is 5.75 Å². The molecule has 0 unspecified atom stereocenters. The minimum Gasteiger partial charge on any atom is -0.493 e. The van der Waals surface area contributed by atoms with Gasteiger partial charge in [0.15, 0.2) is 5.71 Å². The summed E-state index contributed by atoms with van der Waals surface area (Å²) in [6.45, 7) is 6.64. The number of amides is 1. The average Bonchev–Trinajstić information content (AvgIpc) is 2.90. The number of carbonyl (C=O) groups is 1. The van der Waals surface area contributed by atoms with Crippen LogP contribution >= 0.6 is 0 Å². The van der Waals surface area contributed by atoms with Gasteiger partial charge in [0.2, 0.25) is 0 Å². The molecule has 0 atom stereocenters. The normalized spacial score (nSPS) is 15.0. The van der Waals surface area contributed by atoms with Crippen LogP contribution in [0.3, 0.4) is 0 Å². The summed E-state index contributed by atoms with van der Waals surface area (Å²) in [4.78, 5) is 14.3. The number of hydrogen-bond donors (Lipinski definition) is 0. The summed E-state index contributed by atoms with van der Waals surface area (Å²) in [5.41, 5.74) is 2.76. The maximum absolute atomic E-state index is 12.6. The average molecular weight is 333 g/mol. The van der Waals surface area contributed by atoms with Crippen LogP contribution in [0.25, 0.3) is 0 Å². The van der Waals surface area contributed by atoms with E-state index in [2.05, 4.69) is 16.8 Å². The molecule has 0 saturated carbocycles. The van der Waals surface area contributed by atoms with Crippen LogP contribution in [0, 0.1) is 0 Å². The van der Waals surface area contributed by atoms with E-state index in [1.54, 1.807) is 17.2 Å². The van der Waals surface area contributed by atoms with Gasteiger partial charge in [-0.2, -0.15) is 5.10 Å². The van der Waals surface area contributed by atoms with E-state index in [0.717, 1.165) is 22.6 Å². The van der Waals surface area contributed by atoms with Gasteiger partial charge in [-0.15, -0.1) is 11.7 Å². The van der Waals surface area contributed by atoms with E-state index in [1.165, 1.54) is 0 Å². The zero-order valence-corrected chi connectivity index (χ0v) is 14.1. The molecule has 1 aliphatic rings. The predicted molar refractivity (Wildman–Crippen MR) is 101 cm³/mol. The van der Waals surface area contributed by atoms with Crippen LogP contribution in [-0.2, 0) is 4.79 Å². The molecule has 1 aliphatic heterocycles. The van der Waals surface area contributed by atoms with Crippen molar-refractivity contribution in [2.75, 3.05) is 18.1 Å². The number of nitrogens with zero attached hydrogens (tertiary/aromatic N) is 3. The highest BCUT2D eigenvalue weighted by Gasteiger charge is 2.32. The van der Waals surface area contributed by atoms with Crippen molar-refractivity contribution in [1.82, 2.24) is 0 Å². The Bertz CT molecular complexity index is 856. The SMILES string of the molecule is C=CCN1C(=O)/C(=N\N=C/c2ccccc2OCC)c2ccccc21. The molecule has 3 rings (SSSR count). The van der Waals surface area contributed by atoms with Gasteiger partial charge < -0.3 is 9.64 Å². The van der Waals surface area contributed by atoms with Crippen LogP contribution < -0.4 is 9.64 Å². The van der Waals surface area contributed by atoms with E-state index in [1.807, 2.05) is 55.5 Å². The number of benzene rings is 2. The number of ether oxygens (including phenoxy) is 1. The Morgan fingerprint density at radius 1 is 1.16 bits per heavy atom.